The molecule has 0 aliphatic rings. The highest BCUT2D eigenvalue weighted by Gasteiger charge is 1.94. The molecule has 0 aliphatic heterocycles. The highest BCUT2D eigenvalue weighted by atomic mass is 14.0. The molecular formula is C14H13. The van der Waals surface area contributed by atoms with Crippen LogP contribution in [0.2, 0.25) is 0 Å². The van der Waals surface area contributed by atoms with Crippen LogP contribution in [0, 0.1) is 6.92 Å². The fraction of sp³-hybridized carbons (Fsp3) is 0.0714. The van der Waals surface area contributed by atoms with Crippen LogP contribution in [-0.4, -0.2) is 0 Å². The minimum Gasteiger partial charge on any atom is -0.0839 e. The van der Waals surface area contributed by atoms with Gasteiger partial charge in [-0.25, -0.2) is 0 Å². The molecule has 0 aliphatic carbocycles. The third kappa shape index (κ3) is 1.69. The average Bonchev–Trinajstić information content (AvgIpc) is 2.26. The van der Waals surface area contributed by atoms with Gasteiger partial charge >= 0.3 is 0 Å². The molecule has 0 heterocycles. The van der Waals surface area contributed by atoms with Crippen molar-refractivity contribution in [3.05, 3.63) is 61.0 Å². The Kier molecular flexibility index (Phi) is 2.64. The van der Waals surface area contributed by atoms with Gasteiger partial charge in [-0.05, 0) is 29.7 Å². The van der Waals surface area contributed by atoms with Crippen LogP contribution in [0.15, 0.2) is 48.5 Å². The Balaban J connectivity index is 2.59. The van der Waals surface area contributed by atoms with E-state index in [0.29, 0.717) is 0 Å². The van der Waals surface area contributed by atoms with Gasteiger partial charge in [0.2, 0.25) is 0 Å². The number of rotatable bonds is 2. The van der Waals surface area contributed by atoms with E-state index in [1.54, 1.807) is 0 Å². The molecule has 2 rings (SSSR count). The Labute approximate surface area is 84.9 Å². The summed E-state index contributed by atoms with van der Waals surface area (Å²) in [5.41, 5.74) is 1.27. The lowest BCUT2D eigenvalue weighted by molar-refractivity contribution is 1.42. The summed E-state index contributed by atoms with van der Waals surface area (Å²) in [7, 11) is 0. The highest BCUT2D eigenvalue weighted by Crippen LogP contribution is 2.19. The van der Waals surface area contributed by atoms with Crippen molar-refractivity contribution in [3.8, 4) is 0 Å². The van der Waals surface area contributed by atoms with Crippen molar-refractivity contribution in [2.24, 2.45) is 0 Å². The van der Waals surface area contributed by atoms with Gasteiger partial charge in [-0.3, -0.25) is 0 Å². The lowest BCUT2D eigenvalue weighted by atomic mass is 10.0. The molecule has 0 saturated carbocycles. The second-order valence-corrected chi connectivity index (χ2v) is 3.26. The maximum absolute atomic E-state index is 3.79. The second kappa shape index (κ2) is 4.10. The van der Waals surface area contributed by atoms with Crippen LogP contribution in [-0.2, 0) is 0 Å². The van der Waals surface area contributed by atoms with E-state index < -0.39 is 0 Å². The van der Waals surface area contributed by atoms with Crippen molar-refractivity contribution in [1.82, 2.24) is 0 Å². The van der Waals surface area contributed by atoms with Crippen molar-refractivity contribution < 1.29 is 0 Å². The second-order valence-electron chi connectivity index (χ2n) is 3.26. The van der Waals surface area contributed by atoms with E-state index in [-0.39, 0.29) is 0 Å². The number of hydrogen-bond donors (Lipinski definition) is 0. The van der Waals surface area contributed by atoms with Crippen LogP contribution < -0.4 is 0 Å². The Morgan fingerprint density at radius 3 is 2.64 bits per heavy atom. The quantitative estimate of drug-likeness (QED) is 0.655. The molecule has 0 heteroatoms. The SMILES string of the molecule is [CH2]C/C=C/c1cccc2ccccc12. The Bertz CT molecular complexity index is 447. The maximum Gasteiger partial charge on any atom is -0.0112 e. The summed E-state index contributed by atoms with van der Waals surface area (Å²) in [4.78, 5) is 0. The lowest BCUT2D eigenvalue weighted by Crippen LogP contribution is -1.76. The number of allylic oxidation sites excluding steroid dienone is 1. The largest absolute Gasteiger partial charge is 0.0839 e. The number of fused-ring (bicyclic) bond motifs is 1. The summed E-state index contributed by atoms with van der Waals surface area (Å²) in [6, 6.07) is 14.8. The molecule has 0 atom stereocenters. The molecule has 0 bridgehead atoms. The van der Waals surface area contributed by atoms with Crippen LogP contribution in [0.1, 0.15) is 12.0 Å². The van der Waals surface area contributed by atoms with Gasteiger partial charge in [-0.2, -0.15) is 0 Å². The Morgan fingerprint density at radius 2 is 1.79 bits per heavy atom. The fourth-order valence-corrected chi connectivity index (χ4v) is 1.61. The van der Waals surface area contributed by atoms with Gasteiger partial charge < -0.3 is 0 Å². The first-order valence-electron chi connectivity index (χ1n) is 4.85. The van der Waals surface area contributed by atoms with Crippen LogP contribution in [0.3, 0.4) is 0 Å². The summed E-state index contributed by atoms with van der Waals surface area (Å²) in [5.74, 6) is 0. The fourth-order valence-electron chi connectivity index (χ4n) is 1.61. The number of benzene rings is 2. The summed E-state index contributed by atoms with van der Waals surface area (Å²) < 4.78 is 0. The zero-order valence-electron chi connectivity index (χ0n) is 8.11. The van der Waals surface area contributed by atoms with Crippen LogP contribution in [0.4, 0.5) is 0 Å². The third-order valence-corrected chi connectivity index (χ3v) is 2.29. The normalized spacial score (nSPS) is 11.2. The molecule has 0 N–H and O–H groups in total. The first-order valence-corrected chi connectivity index (χ1v) is 4.85. The average molecular weight is 181 g/mol. The van der Waals surface area contributed by atoms with Gasteiger partial charge in [0.05, 0.1) is 0 Å². The molecule has 2 aromatic carbocycles. The molecule has 0 spiro atoms. The molecule has 0 saturated heterocycles. The van der Waals surface area contributed by atoms with Gasteiger partial charge in [0.25, 0.3) is 0 Å². The van der Waals surface area contributed by atoms with Crippen LogP contribution in [0.5, 0.6) is 0 Å². The molecule has 0 unspecified atom stereocenters. The molecule has 2 aromatic rings. The van der Waals surface area contributed by atoms with E-state index >= 15 is 0 Å². The van der Waals surface area contributed by atoms with Gasteiger partial charge in [0.1, 0.15) is 0 Å². The Hall–Kier alpha value is -1.56. The molecule has 69 valence electrons. The highest BCUT2D eigenvalue weighted by molar-refractivity contribution is 5.90. The predicted molar refractivity (Wildman–Crippen MR) is 63.0 cm³/mol. The van der Waals surface area contributed by atoms with Crippen molar-refractivity contribution in [2.45, 2.75) is 6.42 Å². The zero-order chi connectivity index (χ0) is 9.80. The lowest BCUT2D eigenvalue weighted by Gasteiger charge is -2.00. The summed E-state index contributed by atoms with van der Waals surface area (Å²) in [5, 5.41) is 2.60. The molecule has 1 radical (unpaired) electrons. The Morgan fingerprint density at radius 1 is 1.00 bits per heavy atom. The van der Waals surface area contributed by atoms with E-state index in [0.717, 1.165) is 6.42 Å². The van der Waals surface area contributed by atoms with Crippen LogP contribution in [0.25, 0.3) is 16.8 Å². The minimum absolute atomic E-state index is 0.837. The summed E-state index contributed by atoms with van der Waals surface area (Å²) >= 11 is 0. The van der Waals surface area contributed by atoms with E-state index in [1.165, 1.54) is 16.3 Å². The number of hydrogen-bond acceptors (Lipinski definition) is 0. The van der Waals surface area contributed by atoms with Crippen molar-refractivity contribution in [1.29, 1.82) is 0 Å². The van der Waals surface area contributed by atoms with E-state index in [4.69, 9.17) is 0 Å². The topological polar surface area (TPSA) is 0 Å². The van der Waals surface area contributed by atoms with Crippen molar-refractivity contribution in [2.75, 3.05) is 0 Å². The molecule has 0 nitrogen and oxygen atoms in total. The van der Waals surface area contributed by atoms with E-state index in [9.17, 15) is 0 Å². The molecule has 14 heavy (non-hydrogen) atoms. The molecular weight excluding hydrogens is 168 g/mol. The molecule has 0 aromatic heterocycles. The first kappa shape index (κ1) is 9.01. The third-order valence-electron chi connectivity index (χ3n) is 2.29. The van der Waals surface area contributed by atoms with Gasteiger partial charge in [0.15, 0.2) is 0 Å². The molecule has 0 fully saturated rings. The van der Waals surface area contributed by atoms with Gasteiger partial charge in [-0.15, -0.1) is 0 Å². The standard InChI is InChI=1S/C14H13/c1-2-3-7-12-9-6-10-13-8-4-5-11-14(12)13/h3-11H,1-2H2/b7-3+. The minimum atomic E-state index is 0.837. The molecule has 0 amide bonds. The smallest absolute Gasteiger partial charge is 0.0112 e. The monoisotopic (exact) mass is 181 g/mol. The van der Waals surface area contributed by atoms with E-state index in [2.05, 4.69) is 61.5 Å². The van der Waals surface area contributed by atoms with Gasteiger partial charge in [-0.1, -0.05) is 54.6 Å². The summed E-state index contributed by atoms with van der Waals surface area (Å²) in [6.07, 6.45) is 5.06. The van der Waals surface area contributed by atoms with E-state index in [1.807, 2.05) is 0 Å². The first-order chi connectivity index (χ1) is 6.92. The van der Waals surface area contributed by atoms with Crippen molar-refractivity contribution >= 4 is 16.8 Å². The zero-order valence-corrected chi connectivity index (χ0v) is 8.11. The van der Waals surface area contributed by atoms with Crippen molar-refractivity contribution in [3.63, 3.8) is 0 Å². The summed E-state index contributed by atoms with van der Waals surface area (Å²) in [6.45, 7) is 3.79. The van der Waals surface area contributed by atoms with Crippen LogP contribution >= 0.6 is 0 Å². The predicted octanol–water partition coefficient (Wildman–Crippen LogP) is 4.08. The van der Waals surface area contributed by atoms with Gasteiger partial charge in [0, 0.05) is 0 Å². The maximum atomic E-state index is 3.79.